The average Bonchev–Trinajstić information content (AvgIpc) is 3.28. The van der Waals surface area contributed by atoms with E-state index in [9.17, 15) is 8.42 Å². The second-order valence-electron chi connectivity index (χ2n) is 18.1. The molecule has 0 aromatic heterocycles. The molecule has 0 saturated carbocycles. The van der Waals surface area contributed by atoms with Crippen LogP contribution < -0.4 is 4.90 Å². The summed E-state index contributed by atoms with van der Waals surface area (Å²) in [5.41, 5.74) is 6.58. The van der Waals surface area contributed by atoms with Crippen LogP contribution in [0.2, 0.25) is 0 Å². The van der Waals surface area contributed by atoms with Crippen LogP contribution in [0.1, 0.15) is 223 Å². The topological polar surface area (TPSA) is 37.4 Å². The van der Waals surface area contributed by atoms with Gasteiger partial charge >= 0.3 is 0 Å². The Balaban J connectivity index is 1.18. The van der Waals surface area contributed by atoms with Crippen LogP contribution in [0.4, 0.5) is 5.69 Å². The van der Waals surface area contributed by atoms with Crippen LogP contribution in [-0.4, -0.2) is 27.3 Å². The van der Waals surface area contributed by atoms with Crippen molar-refractivity contribution in [3.05, 3.63) is 90.1 Å². The molecule has 6 heteroatoms. The predicted molar refractivity (Wildman–Crippen MR) is 292 cm³/mol. The molecular formula is C56H87I2NO2S. The number of hydrogen-bond acceptors (Lipinski definition) is 3. The summed E-state index contributed by atoms with van der Waals surface area (Å²) in [7, 11) is -3.20. The lowest BCUT2D eigenvalue weighted by Gasteiger charge is -2.23. The maximum absolute atomic E-state index is 12.7. The number of anilines is 1. The summed E-state index contributed by atoms with van der Waals surface area (Å²) in [6.07, 6.45) is 44.0. The van der Waals surface area contributed by atoms with Gasteiger partial charge in [0.15, 0.2) is 9.84 Å². The first-order chi connectivity index (χ1) is 30.3. The van der Waals surface area contributed by atoms with Gasteiger partial charge in [0, 0.05) is 25.9 Å². The van der Waals surface area contributed by atoms with E-state index in [1.165, 1.54) is 180 Å². The lowest BCUT2D eigenvalue weighted by molar-refractivity contribution is 0.535. The van der Waals surface area contributed by atoms with E-state index in [1.807, 2.05) is 12.1 Å². The van der Waals surface area contributed by atoms with Crippen molar-refractivity contribution in [1.29, 1.82) is 0 Å². The number of hydrogen-bond donors (Lipinski definition) is 0. The van der Waals surface area contributed by atoms with Crippen LogP contribution in [0.25, 0.3) is 12.2 Å². The molecule has 3 aromatic carbocycles. The van der Waals surface area contributed by atoms with Gasteiger partial charge in [-0.15, -0.1) is 0 Å². The molecule has 0 amide bonds. The number of benzene rings is 3. The molecular weight excluding hydrogens is 1000 g/mol. The molecule has 3 aromatic rings. The number of halogens is 2. The van der Waals surface area contributed by atoms with Crippen molar-refractivity contribution in [1.82, 2.24) is 0 Å². The third-order valence-corrected chi connectivity index (χ3v) is 16.6. The van der Waals surface area contributed by atoms with Gasteiger partial charge in [0.1, 0.15) is 0 Å². The summed E-state index contributed by atoms with van der Waals surface area (Å²) in [4.78, 5) is 2.92. The first-order valence-corrected chi connectivity index (χ1v) is 29.4. The summed E-state index contributed by atoms with van der Waals surface area (Å²) in [6.45, 7) is 8.83. The van der Waals surface area contributed by atoms with Crippen LogP contribution in [0.3, 0.4) is 0 Å². The highest BCUT2D eigenvalue weighted by Gasteiger charge is 2.13. The number of aryl methyl sites for hydroxylation is 2. The number of unbranched alkanes of at least 4 members (excludes halogenated alkanes) is 25. The van der Waals surface area contributed by atoms with Crippen molar-refractivity contribution in [3.63, 3.8) is 0 Å². The zero-order valence-corrected chi connectivity index (χ0v) is 44.8. The van der Waals surface area contributed by atoms with Gasteiger partial charge in [-0.2, -0.15) is 0 Å². The fraction of sp³-hybridized carbons (Fsp3) is 0.643. The molecule has 0 aliphatic heterocycles. The van der Waals surface area contributed by atoms with Crippen LogP contribution in [0, 0.1) is 7.14 Å². The van der Waals surface area contributed by atoms with E-state index in [0.29, 0.717) is 4.90 Å². The third-order valence-electron chi connectivity index (χ3n) is 12.8. The quantitative estimate of drug-likeness (QED) is 0.0326. The van der Waals surface area contributed by atoms with Gasteiger partial charge in [-0.05, 0) is 149 Å². The summed E-state index contributed by atoms with van der Waals surface area (Å²) in [6, 6.07) is 21.1. The number of rotatable bonds is 38. The van der Waals surface area contributed by atoms with Gasteiger partial charge in [-0.25, -0.2) is 8.42 Å². The molecule has 0 saturated heterocycles. The van der Waals surface area contributed by atoms with Crippen LogP contribution in [0.15, 0.2) is 65.6 Å². The number of nitrogens with zero attached hydrogens (tertiary/aromatic N) is 1. The van der Waals surface area contributed by atoms with Crippen molar-refractivity contribution in [2.75, 3.05) is 23.7 Å². The van der Waals surface area contributed by atoms with Gasteiger partial charge < -0.3 is 4.90 Å². The molecule has 62 heavy (non-hydrogen) atoms. The molecule has 0 N–H and O–H groups in total. The second-order valence-corrected chi connectivity index (χ2v) is 22.6. The fourth-order valence-corrected chi connectivity index (χ4v) is 11.6. The molecule has 348 valence electrons. The maximum Gasteiger partial charge on any atom is 0.178 e. The Labute approximate surface area is 410 Å². The zero-order valence-electron chi connectivity index (χ0n) is 39.7. The fourth-order valence-electron chi connectivity index (χ4n) is 8.64. The third kappa shape index (κ3) is 24.2. The van der Waals surface area contributed by atoms with Crippen molar-refractivity contribution in [2.45, 2.75) is 218 Å². The average molecular weight is 1090 g/mol. The largest absolute Gasteiger partial charge is 0.372 e. The highest BCUT2D eigenvalue weighted by Crippen LogP contribution is 2.25. The Morgan fingerprint density at radius 3 is 1.21 bits per heavy atom. The Bertz CT molecular complexity index is 1700. The predicted octanol–water partition coefficient (Wildman–Crippen LogP) is 18.4. The maximum atomic E-state index is 12.7. The van der Waals surface area contributed by atoms with E-state index in [4.69, 9.17) is 0 Å². The highest BCUT2D eigenvalue weighted by molar-refractivity contribution is 14.1. The van der Waals surface area contributed by atoms with Crippen molar-refractivity contribution in [2.24, 2.45) is 0 Å². The van der Waals surface area contributed by atoms with Gasteiger partial charge in [0.05, 0.1) is 10.6 Å². The lowest BCUT2D eigenvalue weighted by Crippen LogP contribution is -2.23. The van der Waals surface area contributed by atoms with Crippen LogP contribution in [-0.2, 0) is 22.7 Å². The standard InChI is InChI=1S/C56H87I2NO2S/c1-4-7-9-11-12-13-14-15-16-17-20-23-26-29-33-51-47-56(58)52(48-55(51)57)34-30-27-24-21-18-19-22-25-28-31-45-59(6-3)53-41-37-49(38-42-53)35-36-50-39-43-54(44-40-50)62(60,61)46-32-10-8-5-2/h35-44,47-48H,4-34,45-46H2,1-3H3/b36-35+. The molecule has 0 heterocycles. The Hall–Kier alpha value is -1.39. The normalized spacial score (nSPS) is 11.9. The molecule has 0 aliphatic rings. The molecule has 0 fully saturated rings. The molecule has 0 unspecified atom stereocenters. The SMILES string of the molecule is CCCCCCCCCCCCCCCCc1cc(I)c(CCCCCCCCCCCCN(CC)c2ccc(/C=C/c3ccc(S(=O)(=O)CCCCCC)cc3)cc2)cc1I. The van der Waals surface area contributed by atoms with E-state index in [0.717, 1.165) is 49.9 Å². The lowest BCUT2D eigenvalue weighted by atomic mass is 10.0. The summed E-state index contributed by atoms with van der Waals surface area (Å²) in [5.74, 6) is 0.235. The van der Waals surface area contributed by atoms with Crippen molar-refractivity contribution in [3.8, 4) is 0 Å². The van der Waals surface area contributed by atoms with Gasteiger partial charge in [0.2, 0.25) is 0 Å². The molecule has 3 nitrogen and oxygen atoms in total. The van der Waals surface area contributed by atoms with Gasteiger partial charge in [-0.1, -0.05) is 204 Å². The Morgan fingerprint density at radius 2 is 0.806 bits per heavy atom. The zero-order chi connectivity index (χ0) is 44.5. The van der Waals surface area contributed by atoms with Crippen LogP contribution in [0.5, 0.6) is 0 Å². The minimum absolute atomic E-state index is 0.235. The van der Waals surface area contributed by atoms with Crippen molar-refractivity contribution < 1.29 is 8.42 Å². The highest BCUT2D eigenvalue weighted by atomic mass is 127. The molecule has 3 rings (SSSR count). The molecule has 0 bridgehead atoms. The minimum Gasteiger partial charge on any atom is -0.372 e. The number of sulfone groups is 1. The van der Waals surface area contributed by atoms with E-state index < -0.39 is 9.84 Å². The van der Waals surface area contributed by atoms with Gasteiger partial charge in [0.25, 0.3) is 0 Å². The van der Waals surface area contributed by atoms with E-state index in [1.54, 1.807) is 23.3 Å². The van der Waals surface area contributed by atoms with Crippen molar-refractivity contribution >= 4 is 72.9 Å². The van der Waals surface area contributed by atoms with E-state index in [-0.39, 0.29) is 5.75 Å². The minimum atomic E-state index is -3.20. The first-order valence-electron chi connectivity index (χ1n) is 25.6. The van der Waals surface area contributed by atoms with E-state index in [2.05, 4.69) is 119 Å². The summed E-state index contributed by atoms with van der Waals surface area (Å²) >= 11 is 5.19. The molecule has 0 atom stereocenters. The first kappa shape index (κ1) is 54.9. The smallest absolute Gasteiger partial charge is 0.178 e. The summed E-state index contributed by atoms with van der Waals surface area (Å²) in [5, 5.41) is 0. The second kappa shape index (κ2) is 34.9. The Morgan fingerprint density at radius 1 is 0.452 bits per heavy atom. The molecule has 0 aliphatic carbocycles. The Kier molecular flexibility index (Phi) is 30.9. The summed E-state index contributed by atoms with van der Waals surface area (Å²) < 4.78 is 28.3. The molecule has 0 spiro atoms. The van der Waals surface area contributed by atoms with Gasteiger partial charge in [-0.3, -0.25) is 0 Å². The molecule has 0 radical (unpaired) electrons. The van der Waals surface area contributed by atoms with Crippen LogP contribution >= 0.6 is 45.2 Å². The monoisotopic (exact) mass is 1090 g/mol. The van der Waals surface area contributed by atoms with E-state index >= 15 is 0 Å².